The van der Waals surface area contributed by atoms with Crippen molar-refractivity contribution >= 4 is 5.96 Å². The number of methoxy groups -OCH3 is 1. The molecular weight excluding hydrogens is 288 g/mol. The third-order valence-corrected chi connectivity index (χ3v) is 4.40. The SMILES string of the molecule is CCNC(=NCC(C)(C)OC)NCCCN1CC(C)CC(C)C1. The molecule has 1 rings (SSSR count). The van der Waals surface area contributed by atoms with Gasteiger partial charge in [0.25, 0.3) is 0 Å². The number of nitrogens with one attached hydrogen (secondary N) is 2. The van der Waals surface area contributed by atoms with Gasteiger partial charge in [-0.05, 0) is 52.0 Å². The second-order valence-electron chi connectivity index (χ2n) is 7.64. The van der Waals surface area contributed by atoms with E-state index in [2.05, 4.69) is 55.1 Å². The van der Waals surface area contributed by atoms with Crippen molar-refractivity contribution in [1.29, 1.82) is 0 Å². The van der Waals surface area contributed by atoms with E-state index in [-0.39, 0.29) is 5.60 Å². The molecule has 0 bridgehead atoms. The third kappa shape index (κ3) is 8.56. The molecule has 0 amide bonds. The Balaban J connectivity index is 2.31. The quantitative estimate of drug-likeness (QED) is 0.408. The number of aliphatic imine (C=N–C) groups is 1. The molecule has 2 unspecified atom stereocenters. The molecule has 0 aromatic rings. The van der Waals surface area contributed by atoms with Crippen LogP contribution in [-0.2, 0) is 4.74 Å². The van der Waals surface area contributed by atoms with Crippen LogP contribution in [0, 0.1) is 11.8 Å². The van der Waals surface area contributed by atoms with E-state index in [1.807, 2.05) is 0 Å². The molecule has 0 aromatic carbocycles. The minimum absolute atomic E-state index is 0.220. The lowest BCUT2D eigenvalue weighted by Gasteiger charge is -2.35. The minimum atomic E-state index is -0.220. The van der Waals surface area contributed by atoms with Crippen LogP contribution in [0.2, 0.25) is 0 Å². The summed E-state index contributed by atoms with van der Waals surface area (Å²) in [6, 6.07) is 0. The molecule has 0 aromatic heterocycles. The topological polar surface area (TPSA) is 48.9 Å². The largest absolute Gasteiger partial charge is 0.377 e. The fraction of sp³-hybridized carbons (Fsp3) is 0.944. The van der Waals surface area contributed by atoms with E-state index in [1.165, 1.54) is 26.1 Å². The molecule has 0 aliphatic carbocycles. The normalized spacial score (nSPS) is 23.8. The van der Waals surface area contributed by atoms with Crippen LogP contribution in [0.15, 0.2) is 4.99 Å². The van der Waals surface area contributed by atoms with Gasteiger partial charge in [0.2, 0.25) is 0 Å². The van der Waals surface area contributed by atoms with Crippen LogP contribution < -0.4 is 10.6 Å². The highest BCUT2D eigenvalue weighted by molar-refractivity contribution is 5.79. The summed E-state index contributed by atoms with van der Waals surface area (Å²) in [7, 11) is 1.73. The summed E-state index contributed by atoms with van der Waals surface area (Å²) in [6.07, 6.45) is 2.53. The maximum absolute atomic E-state index is 5.42. The number of hydrogen-bond acceptors (Lipinski definition) is 3. The Morgan fingerprint density at radius 1 is 1.22 bits per heavy atom. The molecule has 136 valence electrons. The van der Waals surface area contributed by atoms with Gasteiger partial charge >= 0.3 is 0 Å². The van der Waals surface area contributed by atoms with E-state index in [0.29, 0.717) is 6.54 Å². The second-order valence-corrected chi connectivity index (χ2v) is 7.64. The summed E-state index contributed by atoms with van der Waals surface area (Å²) in [5, 5.41) is 6.74. The Kier molecular flexibility index (Phi) is 8.92. The molecule has 1 heterocycles. The van der Waals surface area contributed by atoms with E-state index in [9.17, 15) is 0 Å². The van der Waals surface area contributed by atoms with E-state index >= 15 is 0 Å². The Labute approximate surface area is 143 Å². The van der Waals surface area contributed by atoms with Crippen molar-refractivity contribution in [2.45, 2.75) is 53.1 Å². The molecular formula is C18H38N4O. The van der Waals surface area contributed by atoms with Gasteiger partial charge in [-0.25, -0.2) is 0 Å². The van der Waals surface area contributed by atoms with Crippen LogP contribution in [0.3, 0.4) is 0 Å². The average Bonchev–Trinajstić information content (AvgIpc) is 2.48. The maximum atomic E-state index is 5.42. The number of hydrogen-bond donors (Lipinski definition) is 2. The summed E-state index contributed by atoms with van der Waals surface area (Å²) >= 11 is 0. The zero-order chi connectivity index (χ0) is 17.3. The van der Waals surface area contributed by atoms with Crippen molar-refractivity contribution in [2.75, 3.05) is 46.4 Å². The van der Waals surface area contributed by atoms with Gasteiger partial charge in [-0.3, -0.25) is 4.99 Å². The summed E-state index contributed by atoms with van der Waals surface area (Å²) < 4.78 is 5.42. The predicted molar refractivity (Wildman–Crippen MR) is 99.1 cm³/mol. The first kappa shape index (κ1) is 20.2. The number of piperidine rings is 1. The van der Waals surface area contributed by atoms with Crippen LogP contribution in [0.1, 0.15) is 47.5 Å². The molecule has 2 atom stereocenters. The predicted octanol–water partition coefficient (Wildman–Crippen LogP) is 2.33. The number of ether oxygens (including phenoxy) is 1. The van der Waals surface area contributed by atoms with Gasteiger partial charge in [-0.2, -0.15) is 0 Å². The van der Waals surface area contributed by atoms with Crippen LogP contribution in [0.4, 0.5) is 0 Å². The zero-order valence-electron chi connectivity index (χ0n) is 16.1. The number of nitrogens with zero attached hydrogens (tertiary/aromatic N) is 2. The van der Waals surface area contributed by atoms with Crippen LogP contribution in [0.25, 0.3) is 0 Å². The van der Waals surface area contributed by atoms with Crippen molar-refractivity contribution in [3.05, 3.63) is 0 Å². The maximum Gasteiger partial charge on any atom is 0.191 e. The van der Waals surface area contributed by atoms with Crippen molar-refractivity contribution in [1.82, 2.24) is 15.5 Å². The lowest BCUT2D eigenvalue weighted by atomic mass is 9.92. The van der Waals surface area contributed by atoms with Gasteiger partial charge in [0.1, 0.15) is 0 Å². The van der Waals surface area contributed by atoms with Crippen molar-refractivity contribution in [3.8, 4) is 0 Å². The molecule has 1 aliphatic heterocycles. The first-order valence-electron chi connectivity index (χ1n) is 9.16. The molecule has 23 heavy (non-hydrogen) atoms. The molecule has 5 nitrogen and oxygen atoms in total. The van der Waals surface area contributed by atoms with E-state index in [0.717, 1.165) is 37.3 Å². The molecule has 1 fully saturated rings. The first-order valence-corrected chi connectivity index (χ1v) is 9.16. The third-order valence-electron chi connectivity index (χ3n) is 4.40. The molecule has 1 aliphatic rings. The number of likely N-dealkylation sites (tertiary alicyclic amines) is 1. The zero-order valence-corrected chi connectivity index (χ0v) is 16.1. The monoisotopic (exact) mass is 326 g/mol. The number of rotatable bonds is 8. The van der Waals surface area contributed by atoms with Crippen LogP contribution in [0.5, 0.6) is 0 Å². The highest BCUT2D eigenvalue weighted by atomic mass is 16.5. The molecule has 0 spiro atoms. The summed E-state index contributed by atoms with van der Waals surface area (Å²) in [5.74, 6) is 2.56. The van der Waals surface area contributed by atoms with Crippen molar-refractivity contribution in [2.24, 2.45) is 16.8 Å². The Morgan fingerprint density at radius 3 is 2.43 bits per heavy atom. The fourth-order valence-electron chi connectivity index (χ4n) is 3.16. The molecule has 1 saturated heterocycles. The van der Waals surface area contributed by atoms with Gasteiger partial charge in [0, 0.05) is 33.3 Å². The van der Waals surface area contributed by atoms with E-state index in [4.69, 9.17) is 4.74 Å². The Hall–Kier alpha value is -0.810. The lowest BCUT2D eigenvalue weighted by molar-refractivity contribution is 0.0310. The molecule has 0 radical (unpaired) electrons. The van der Waals surface area contributed by atoms with Gasteiger partial charge < -0.3 is 20.3 Å². The van der Waals surface area contributed by atoms with Crippen molar-refractivity contribution < 1.29 is 4.74 Å². The Bertz CT molecular complexity index is 347. The van der Waals surface area contributed by atoms with Gasteiger partial charge in [0.05, 0.1) is 12.1 Å². The smallest absolute Gasteiger partial charge is 0.191 e. The average molecular weight is 327 g/mol. The van der Waals surface area contributed by atoms with E-state index < -0.39 is 0 Å². The standard InChI is InChI=1S/C18H38N4O/c1-7-19-17(21-14-18(4,5)23-6)20-9-8-10-22-12-15(2)11-16(3)13-22/h15-16H,7-14H2,1-6H3,(H2,19,20,21). The second kappa shape index (κ2) is 10.1. The first-order chi connectivity index (χ1) is 10.9. The lowest BCUT2D eigenvalue weighted by Crippen LogP contribution is -2.42. The Morgan fingerprint density at radius 2 is 1.87 bits per heavy atom. The van der Waals surface area contributed by atoms with Gasteiger partial charge in [-0.1, -0.05) is 13.8 Å². The molecule has 0 saturated carbocycles. The minimum Gasteiger partial charge on any atom is -0.377 e. The van der Waals surface area contributed by atoms with Crippen LogP contribution in [-0.4, -0.2) is 62.8 Å². The summed E-state index contributed by atoms with van der Waals surface area (Å²) in [6.45, 7) is 17.1. The summed E-state index contributed by atoms with van der Waals surface area (Å²) in [5.41, 5.74) is -0.220. The molecule has 5 heteroatoms. The van der Waals surface area contributed by atoms with Crippen molar-refractivity contribution in [3.63, 3.8) is 0 Å². The van der Waals surface area contributed by atoms with Gasteiger partial charge in [-0.15, -0.1) is 0 Å². The van der Waals surface area contributed by atoms with E-state index in [1.54, 1.807) is 7.11 Å². The van der Waals surface area contributed by atoms with Crippen LogP contribution >= 0.6 is 0 Å². The summed E-state index contributed by atoms with van der Waals surface area (Å²) in [4.78, 5) is 7.23. The van der Waals surface area contributed by atoms with Gasteiger partial charge in [0.15, 0.2) is 5.96 Å². The number of guanidine groups is 1. The highest BCUT2D eigenvalue weighted by Gasteiger charge is 2.21. The molecule has 2 N–H and O–H groups in total. The fourth-order valence-corrected chi connectivity index (χ4v) is 3.16. The highest BCUT2D eigenvalue weighted by Crippen LogP contribution is 2.20.